The zero-order valence-corrected chi connectivity index (χ0v) is 17.2. The van der Waals surface area contributed by atoms with Crippen LogP contribution >= 0.6 is 11.3 Å². The number of likely N-dealkylation sites (tertiary alicyclic amines) is 1. The summed E-state index contributed by atoms with van der Waals surface area (Å²) in [6.07, 6.45) is 3.78. The molecule has 152 valence electrons. The van der Waals surface area contributed by atoms with E-state index in [1.165, 1.54) is 0 Å². The molecule has 4 amide bonds. The van der Waals surface area contributed by atoms with Crippen molar-refractivity contribution in [3.8, 4) is 0 Å². The summed E-state index contributed by atoms with van der Waals surface area (Å²) in [5, 5.41) is 3.86. The minimum absolute atomic E-state index is 0.167. The number of urea groups is 1. The van der Waals surface area contributed by atoms with E-state index in [4.69, 9.17) is 4.98 Å². The molecule has 5 rings (SSSR count). The minimum Gasteiger partial charge on any atom is -0.340 e. The van der Waals surface area contributed by atoms with Crippen molar-refractivity contribution in [3.63, 3.8) is 0 Å². The average molecular weight is 413 g/mol. The van der Waals surface area contributed by atoms with Gasteiger partial charge in [-0.05, 0) is 50.7 Å². The molecule has 0 unspecified atom stereocenters. The second-order valence-corrected chi connectivity index (χ2v) is 9.56. The van der Waals surface area contributed by atoms with Gasteiger partial charge in [0.2, 0.25) is 5.91 Å². The fourth-order valence-corrected chi connectivity index (χ4v) is 5.60. The van der Waals surface area contributed by atoms with Gasteiger partial charge in [-0.2, -0.15) is 0 Å². The number of para-hydroxylation sites is 1. The third-order valence-electron chi connectivity index (χ3n) is 6.42. The number of hydrogen-bond acceptors (Lipinski definition) is 5. The molecule has 0 radical (unpaired) electrons. The molecule has 29 heavy (non-hydrogen) atoms. The monoisotopic (exact) mass is 412 g/mol. The Balaban J connectivity index is 1.27. The average Bonchev–Trinajstić information content (AvgIpc) is 3.46. The number of thiazole rings is 1. The number of piperidine rings is 1. The Morgan fingerprint density at radius 3 is 2.83 bits per heavy atom. The quantitative estimate of drug-likeness (QED) is 0.783. The van der Waals surface area contributed by atoms with Crippen LogP contribution in [0.15, 0.2) is 24.3 Å². The zero-order valence-electron chi connectivity index (χ0n) is 16.4. The Morgan fingerprint density at radius 1 is 1.28 bits per heavy atom. The largest absolute Gasteiger partial charge is 0.340 e. The van der Waals surface area contributed by atoms with Crippen LogP contribution in [0.25, 0.3) is 10.2 Å². The van der Waals surface area contributed by atoms with E-state index in [2.05, 4.69) is 11.4 Å². The summed E-state index contributed by atoms with van der Waals surface area (Å²) >= 11 is 1.68. The fraction of sp³-hybridized carbons (Fsp3) is 0.524. The lowest BCUT2D eigenvalue weighted by molar-refractivity contribution is -0.139. The third-order valence-corrected chi connectivity index (χ3v) is 7.62. The zero-order chi connectivity index (χ0) is 20.2. The molecule has 2 saturated heterocycles. The molecule has 1 aliphatic carbocycles. The van der Waals surface area contributed by atoms with E-state index in [0.29, 0.717) is 13.1 Å². The molecule has 0 bridgehead atoms. The molecule has 0 spiro atoms. The van der Waals surface area contributed by atoms with Gasteiger partial charge in [-0.15, -0.1) is 11.3 Å². The molecule has 1 N–H and O–H groups in total. The van der Waals surface area contributed by atoms with Crippen molar-refractivity contribution in [2.24, 2.45) is 5.92 Å². The van der Waals surface area contributed by atoms with Gasteiger partial charge in [-0.1, -0.05) is 12.1 Å². The first kappa shape index (κ1) is 18.5. The van der Waals surface area contributed by atoms with Gasteiger partial charge in [0, 0.05) is 19.0 Å². The molecule has 1 saturated carbocycles. The standard InChI is InChI=1S/C21H24N4O3S/c1-21(14-8-9-14)19(27)25(20(28)23-21)12-17(26)24-10-4-5-13(11-24)18-22-15-6-2-3-7-16(15)29-18/h2-3,6-7,13-14H,4-5,8-12H2,1H3,(H,23,28)/t13-,21+/m1/s1. The van der Waals surface area contributed by atoms with Crippen LogP contribution in [0.4, 0.5) is 4.79 Å². The number of fused-ring (bicyclic) bond motifs is 1. The Labute approximate surface area is 173 Å². The fourth-order valence-electron chi connectivity index (χ4n) is 4.50. The van der Waals surface area contributed by atoms with E-state index in [0.717, 1.165) is 45.8 Å². The summed E-state index contributed by atoms with van der Waals surface area (Å²) in [6.45, 7) is 2.84. The first-order valence-electron chi connectivity index (χ1n) is 10.2. The number of hydrogen-bond donors (Lipinski definition) is 1. The van der Waals surface area contributed by atoms with Gasteiger partial charge < -0.3 is 10.2 Å². The second-order valence-electron chi connectivity index (χ2n) is 8.50. The highest BCUT2D eigenvalue weighted by Gasteiger charge is 2.56. The molecule has 3 fully saturated rings. The van der Waals surface area contributed by atoms with Gasteiger partial charge in [0.1, 0.15) is 12.1 Å². The smallest absolute Gasteiger partial charge is 0.325 e. The van der Waals surface area contributed by atoms with E-state index in [1.54, 1.807) is 23.2 Å². The minimum atomic E-state index is -0.844. The number of amides is 4. The van der Waals surface area contributed by atoms with E-state index in [-0.39, 0.29) is 30.2 Å². The summed E-state index contributed by atoms with van der Waals surface area (Å²) in [4.78, 5) is 45.7. The molecule has 2 atom stereocenters. The number of carbonyl (C=O) groups is 3. The number of nitrogens with zero attached hydrogens (tertiary/aromatic N) is 3. The highest BCUT2D eigenvalue weighted by atomic mass is 32.1. The third kappa shape index (κ3) is 3.19. The number of benzene rings is 1. The molecule has 8 heteroatoms. The Bertz CT molecular complexity index is 968. The Morgan fingerprint density at radius 2 is 2.07 bits per heavy atom. The maximum Gasteiger partial charge on any atom is 0.325 e. The van der Waals surface area contributed by atoms with Gasteiger partial charge in [-0.3, -0.25) is 14.5 Å². The molecule has 3 heterocycles. The van der Waals surface area contributed by atoms with Crippen molar-refractivity contribution in [2.75, 3.05) is 19.6 Å². The van der Waals surface area contributed by atoms with Crippen molar-refractivity contribution < 1.29 is 14.4 Å². The van der Waals surface area contributed by atoms with E-state index >= 15 is 0 Å². The van der Waals surface area contributed by atoms with E-state index < -0.39 is 11.6 Å². The van der Waals surface area contributed by atoms with Crippen molar-refractivity contribution in [2.45, 2.75) is 44.1 Å². The van der Waals surface area contributed by atoms with Crippen molar-refractivity contribution >= 4 is 39.4 Å². The number of carbonyl (C=O) groups excluding carboxylic acids is 3. The lowest BCUT2D eigenvalue weighted by Crippen LogP contribution is -2.48. The van der Waals surface area contributed by atoms with Gasteiger partial charge >= 0.3 is 6.03 Å². The lowest BCUT2D eigenvalue weighted by atomic mass is 9.96. The molecular formula is C21H24N4O3S. The number of aromatic nitrogens is 1. The summed E-state index contributed by atoms with van der Waals surface area (Å²) in [7, 11) is 0. The van der Waals surface area contributed by atoms with Crippen LogP contribution in [-0.2, 0) is 9.59 Å². The van der Waals surface area contributed by atoms with Crippen LogP contribution in [-0.4, -0.2) is 57.8 Å². The van der Waals surface area contributed by atoms with Crippen LogP contribution in [0.3, 0.4) is 0 Å². The van der Waals surface area contributed by atoms with Crippen LogP contribution in [0.5, 0.6) is 0 Å². The molecule has 7 nitrogen and oxygen atoms in total. The van der Waals surface area contributed by atoms with E-state index in [1.807, 2.05) is 18.2 Å². The highest BCUT2D eigenvalue weighted by molar-refractivity contribution is 7.18. The first-order valence-corrected chi connectivity index (χ1v) is 11.0. The molecule has 1 aromatic heterocycles. The molecule has 2 aromatic rings. The first-order chi connectivity index (χ1) is 14.0. The summed E-state index contributed by atoms with van der Waals surface area (Å²) in [5.41, 5.74) is 0.151. The van der Waals surface area contributed by atoms with Crippen LogP contribution in [0, 0.1) is 5.92 Å². The van der Waals surface area contributed by atoms with Crippen molar-refractivity contribution in [1.82, 2.24) is 20.1 Å². The maximum atomic E-state index is 12.9. The van der Waals surface area contributed by atoms with Gasteiger partial charge in [0.05, 0.1) is 15.2 Å². The SMILES string of the molecule is C[C@@]1(C2CC2)NC(=O)N(CC(=O)N2CCC[C@@H](c3nc4ccccc4s3)C2)C1=O. The predicted octanol–water partition coefficient (Wildman–Crippen LogP) is 2.72. The molecule has 2 aliphatic heterocycles. The molecular weight excluding hydrogens is 388 g/mol. The summed E-state index contributed by atoms with van der Waals surface area (Å²) in [6, 6.07) is 7.62. The maximum absolute atomic E-state index is 12.9. The number of nitrogens with one attached hydrogen (secondary N) is 1. The van der Waals surface area contributed by atoms with Crippen LogP contribution in [0.1, 0.15) is 43.5 Å². The Hall–Kier alpha value is -2.48. The molecule has 1 aromatic carbocycles. The van der Waals surface area contributed by atoms with Gasteiger partial charge in [-0.25, -0.2) is 9.78 Å². The predicted molar refractivity (Wildman–Crippen MR) is 110 cm³/mol. The highest BCUT2D eigenvalue weighted by Crippen LogP contribution is 2.42. The molecule has 3 aliphatic rings. The topological polar surface area (TPSA) is 82.6 Å². The summed E-state index contributed by atoms with van der Waals surface area (Å²) in [5.74, 6) is -0.0418. The number of rotatable bonds is 4. The van der Waals surface area contributed by atoms with Crippen molar-refractivity contribution in [1.29, 1.82) is 0 Å². The number of imide groups is 1. The summed E-state index contributed by atoms with van der Waals surface area (Å²) < 4.78 is 1.16. The van der Waals surface area contributed by atoms with Gasteiger partial charge in [0.15, 0.2) is 0 Å². The van der Waals surface area contributed by atoms with Crippen LogP contribution < -0.4 is 5.32 Å². The van der Waals surface area contributed by atoms with Crippen molar-refractivity contribution in [3.05, 3.63) is 29.3 Å². The lowest BCUT2D eigenvalue weighted by Gasteiger charge is -2.32. The van der Waals surface area contributed by atoms with E-state index in [9.17, 15) is 14.4 Å². The van der Waals surface area contributed by atoms with Gasteiger partial charge in [0.25, 0.3) is 5.91 Å². The second kappa shape index (κ2) is 6.79. The van der Waals surface area contributed by atoms with Crippen LogP contribution in [0.2, 0.25) is 0 Å². The Kier molecular flexibility index (Phi) is 4.34. The normalized spacial score (nSPS) is 27.6.